The van der Waals surface area contributed by atoms with Crippen LogP contribution < -0.4 is 9.47 Å². The highest BCUT2D eigenvalue weighted by Crippen LogP contribution is 2.38. The summed E-state index contributed by atoms with van der Waals surface area (Å²) in [5.41, 5.74) is -0.0492. The van der Waals surface area contributed by atoms with Gasteiger partial charge >= 0.3 is 5.97 Å². The average Bonchev–Trinajstić information content (AvgIpc) is 3.12. The molecule has 0 unspecified atom stereocenters. The van der Waals surface area contributed by atoms with E-state index in [9.17, 15) is 19.7 Å². The van der Waals surface area contributed by atoms with Crippen LogP contribution in [0.2, 0.25) is 0 Å². The second kappa shape index (κ2) is 8.50. The van der Waals surface area contributed by atoms with Gasteiger partial charge in [0.15, 0.2) is 17.6 Å². The Labute approximate surface area is 168 Å². The highest BCUT2D eigenvalue weighted by atomic mass is 16.7. The van der Waals surface area contributed by atoms with Gasteiger partial charge in [0.05, 0.1) is 16.6 Å². The molecule has 9 nitrogen and oxygen atoms in total. The van der Waals surface area contributed by atoms with Crippen LogP contribution in [0.15, 0.2) is 18.2 Å². The van der Waals surface area contributed by atoms with Gasteiger partial charge in [-0.3, -0.25) is 14.9 Å². The van der Waals surface area contributed by atoms with E-state index in [1.165, 1.54) is 25.1 Å². The van der Waals surface area contributed by atoms with Crippen molar-refractivity contribution in [1.29, 1.82) is 0 Å². The molecule has 1 aromatic carbocycles. The van der Waals surface area contributed by atoms with Crippen LogP contribution in [0.25, 0.3) is 6.08 Å². The SMILES string of the molecule is C[C@@H]1CCC[C@H](C)N1C(=O)[C@@H](C)OC(=O)/C=C/c1cc2c(cc1[N+](=O)[O-])OCO2. The first-order chi connectivity index (χ1) is 13.8. The monoisotopic (exact) mass is 404 g/mol. The first-order valence-electron chi connectivity index (χ1n) is 9.57. The summed E-state index contributed by atoms with van der Waals surface area (Å²) in [5, 5.41) is 11.3. The molecule has 0 spiro atoms. The van der Waals surface area contributed by atoms with Crippen molar-refractivity contribution in [2.24, 2.45) is 0 Å². The molecule has 2 aliphatic heterocycles. The Balaban J connectivity index is 1.68. The third-order valence-corrected chi connectivity index (χ3v) is 5.21. The fourth-order valence-electron chi connectivity index (χ4n) is 3.73. The van der Waals surface area contributed by atoms with Crippen LogP contribution in [-0.2, 0) is 14.3 Å². The highest BCUT2D eigenvalue weighted by Gasteiger charge is 2.33. The number of amides is 1. The molecule has 1 fully saturated rings. The van der Waals surface area contributed by atoms with E-state index in [4.69, 9.17) is 14.2 Å². The lowest BCUT2D eigenvalue weighted by Crippen LogP contribution is -2.51. The molecule has 0 N–H and O–H groups in total. The maximum absolute atomic E-state index is 12.7. The van der Waals surface area contributed by atoms with Crippen molar-refractivity contribution in [1.82, 2.24) is 4.90 Å². The molecule has 2 heterocycles. The summed E-state index contributed by atoms with van der Waals surface area (Å²) >= 11 is 0. The largest absolute Gasteiger partial charge is 0.454 e. The molecule has 0 radical (unpaired) electrons. The van der Waals surface area contributed by atoms with Crippen LogP contribution in [0, 0.1) is 10.1 Å². The van der Waals surface area contributed by atoms with E-state index in [-0.39, 0.29) is 41.8 Å². The number of fused-ring (bicyclic) bond motifs is 1. The van der Waals surface area contributed by atoms with Crippen molar-refractivity contribution >= 4 is 23.6 Å². The molecule has 0 aliphatic carbocycles. The minimum absolute atomic E-state index is 0.0192. The minimum atomic E-state index is -0.943. The highest BCUT2D eigenvalue weighted by molar-refractivity contribution is 5.91. The number of likely N-dealkylation sites (tertiary alicyclic amines) is 1. The van der Waals surface area contributed by atoms with Gasteiger partial charge in [0.2, 0.25) is 6.79 Å². The molecule has 29 heavy (non-hydrogen) atoms. The maximum Gasteiger partial charge on any atom is 0.331 e. The van der Waals surface area contributed by atoms with E-state index in [1.807, 2.05) is 13.8 Å². The molecule has 0 aromatic heterocycles. The summed E-state index contributed by atoms with van der Waals surface area (Å²) in [6, 6.07) is 2.87. The molecule has 0 bridgehead atoms. The van der Waals surface area contributed by atoms with Crippen molar-refractivity contribution < 1.29 is 28.7 Å². The van der Waals surface area contributed by atoms with Gasteiger partial charge in [-0.05, 0) is 52.2 Å². The zero-order chi connectivity index (χ0) is 21.1. The Hall–Kier alpha value is -3.10. The molecule has 3 rings (SSSR count). The summed E-state index contributed by atoms with van der Waals surface area (Å²) in [7, 11) is 0. The Morgan fingerprint density at radius 2 is 1.86 bits per heavy atom. The zero-order valence-corrected chi connectivity index (χ0v) is 16.6. The van der Waals surface area contributed by atoms with E-state index < -0.39 is 17.0 Å². The molecule has 9 heteroatoms. The number of carbonyl (C=O) groups is 2. The number of nitro groups is 1. The van der Waals surface area contributed by atoms with Crippen LogP contribution in [-0.4, -0.2) is 46.7 Å². The second-order valence-electron chi connectivity index (χ2n) is 7.31. The summed E-state index contributed by atoms with van der Waals surface area (Å²) < 4.78 is 15.6. The lowest BCUT2D eigenvalue weighted by Gasteiger charge is -2.40. The molecule has 1 saturated heterocycles. The number of piperidine rings is 1. The smallest absolute Gasteiger partial charge is 0.331 e. The van der Waals surface area contributed by atoms with E-state index >= 15 is 0 Å². The average molecular weight is 404 g/mol. The molecule has 0 saturated carbocycles. The molecule has 1 amide bonds. The number of hydrogen-bond donors (Lipinski definition) is 0. The molecular formula is C20H24N2O7. The van der Waals surface area contributed by atoms with Crippen molar-refractivity contribution in [2.75, 3.05) is 6.79 Å². The van der Waals surface area contributed by atoms with Gasteiger partial charge in [-0.2, -0.15) is 0 Å². The van der Waals surface area contributed by atoms with Crippen molar-refractivity contribution in [3.05, 3.63) is 33.9 Å². The number of nitro benzene ring substituents is 1. The topological polar surface area (TPSA) is 108 Å². The van der Waals surface area contributed by atoms with Crippen molar-refractivity contribution in [3.8, 4) is 11.5 Å². The van der Waals surface area contributed by atoms with E-state index in [0.717, 1.165) is 25.3 Å². The third kappa shape index (κ3) is 4.49. The first kappa shape index (κ1) is 20.6. The van der Waals surface area contributed by atoms with Gasteiger partial charge in [0.1, 0.15) is 0 Å². The number of ether oxygens (including phenoxy) is 3. The number of benzene rings is 1. The molecule has 1 aromatic rings. The van der Waals surface area contributed by atoms with Gasteiger partial charge in [-0.25, -0.2) is 4.79 Å². The molecule has 3 atom stereocenters. The molecule has 2 aliphatic rings. The standard InChI is InChI=1S/C20H24N2O7/c1-12-5-4-6-13(2)21(12)20(24)14(3)29-19(23)8-7-15-9-17-18(28-11-27-17)10-16(15)22(25)26/h7-10,12-14H,4-6,11H2,1-3H3/b8-7+/t12-,13+,14-/m1/s1. The summed E-state index contributed by atoms with van der Waals surface area (Å²) in [4.78, 5) is 37.4. The fourth-order valence-corrected chi connectivity index (χ4v) is 3.73. The lowest BCUT2D eigenvalue weighted by molar-refractivity contribution is -0.385. The minimum Gasteiger partial charge on any atom is -0.454 e. The number of rotatable bonds is 5. The van der Waals surface area contributed by atoms with Gasteiger partial charge in [0, 0.05) is 18.2 Å². The van der Waals surface area contributed by atoms with Crippen molar-refractivity contribution in [3.63, 3.8) is 0 Å². The van der Waals surface area contributed by atoms with E-state index in [1.54, 1.807) is 4.90 Å². The lowest BCUT2D eigenvalue weighted by atomic mass is 9.97. The predicted octanol–water partition coefficient (Wildman–Crippen LogP) is 3.06. The van der Waals surface area contributed by atoms with Crippen LogP contribution >= 0.6 is 0 Å². The number of esters is 1. The van der Waals surface area contributed by atoms with Crippen LogP contribution in [0.4, 0.5) is 5.69 Å². The quantitative estimate of drug-likeness (QED) is 0.321. The first-order valence-corrected chi connectivity index (χ1v) is 9.57. The molecule has 156 valence electrons. The van der Waals surface area contributed by atoms with Gasteiger partial charge < -0.3 is 19.1 Å². The Bertz CT molecular complexity index is 841. The fraction of sp³-hybridized carbons (Fsp3) is 0.500. The number of hydrogen-bond acceptors (Lipinski definition) is 7. The Kier molecular flexibility index (Phi) is 6.05. The van der Waals surface area contributed by atoms with Gasteiger partial charge in [0.25, 0.3) is 11.6 Å². The van der Waals surface area contributed by atoms with Gasteiger partial charge in [-0.1, -0.05) is 0 Å². The number of nitrogens with zero attached hydrogens (tertiary/aromatic N) is 2. The Morgan fingerprint density at radius 3 is 2.48 bits per heavy atom. The van der Waals surface area contributed by atoms with Crippen LogP contribution in [0.3, 0.4) is 0 Å². The third-order valence-electron chi connectivity index (χ3n) is 5.21. The predicted molar refractivity (Wildman–Crippen MR) is 103 cm³/mol. The van der Waals surface area contributed by atoms with Gasteiger partial charge in [-0.15, -0.1) is 0 Å². The summed E-state index contributed by atoms with van der Waals surface area (Å²) in [5.74, 6) is -0.351. The summed E-state index contributed by atoms with van der Waals surface area (Å²) in [6.07, 6.45) is 4.30. The summed E-state index contributed by atoms with van der Waals surface area (Å²) in [6.45, 7) is 5.49. The van der Waals surface area contributed by atoms with Crippen molar-refractivity contribution in [2.45, 2.75) is 58.2 Å². The van der Waals surface area contributed by atoms with E-state index in [2.05, 4.69) is 0 Å². The van der Waals surface area contributed by atoms with E-state index in [0.29, 0.717) is 5.75 Å². The maximum atomic E-state index is 12.7. The molecular weight excluding hydrogens is 380 g/mol. The van der Waals surface area contributed by atoms with Crippen LogP contribution in [0.5, 0.6) is 11.5 Å². The van der Waals surface area contributed by atoms with Crippen LogP contribution in [0.1, 0.15) is 45.6 Å². The number of carbonyl (C=O) groups excluding carboxylic acids is 2. The Morgan fingerprint density at radius 1 is 1.24 bits per heavy atom. The zero-order valence-electron chi connectivity index (χ0n) is 16.6. The second-order valence-corrected chi connectivity index (χ2v) is 7.31. The normalized spacial score (nSPS) is 21.8.